The predicted molar refractivity (Wildman–Crippen MR) is 66.0 cm³/mol. The van der Waals surface area contributed by atoms with Gasteiger partial charge < -0.3 is 8.92 Å². The third-order valence-corrected chi connectivity index (χ3v) is 1.52. The van der Waals surface area contributed by atoms with Crippen LogP contribution in [0.25, 0.3) is 0 Å². The fraction of sp³-hybridized carbons (Fsp3) is 0.455. The van der Waals surface area contributed by atoms with Gasteiger partial charge in [-0.05, 0) is 13.3 Å². The molecule has 0 aliphatic rings. The van der Waals surface area contributed by atoms with E-state index in [-0.39, 0.29) is 5.97 Å². The van der Waals surface area contributed by atoms with Gasteiger partial charge in [-0.15, -0.1) is 0 Å². The molecule has 5 heteroatoms. The average Bonchev–Trinajstić information content (AvgIpc) is 2.28. The van der Waals surface area contributed by atoms with Crippen molar-refractivity contribution in [2.24, 2.45) is 0 Å². The summed E-state index contributed by atoms with van der Waals surface area (Å²) < 4.78 is 8.64. The van der Waals surface area contributed by atoms with Gasteiger partial charge in [0.05, 0.1) is 6.61 Å². The Morgan fingerprint density at radius 3 is 2.25 bits per heavy atom. The maximum absolute atomic E-state index is 10.7. The van der Waals surface area contributed by atoms with E-state index in [1.165, 1.54) is 0 Å². The molecule has 92 valence electrons. The van der Waals surface area contributed by atoms with Gasteiger partial charge in [0.2, 0.25) is 0 Å². The summed E-state index contributed by atoms with van der Waals surface area (Å²) in [5, 5.41) is 0. The Balaban J connectivity index is 0. The fourth-order valence-electron chi connectivity index (χ4n) is 0.470. The van der Waals surface area contributed by atoms with Crippen LogP contribution in [0.15, 0.2) is 24.8 Å². The monoisotopic (exact) mass is 246 g/mol. The highest BCUT2D eigenvalue weighted by Crippen LogP contribution is 1.94. The molecule has 0 rings (SSSR count). The number of unbranched alkanes of at least 4 members (excludes halogenated alkanes) is 1. The minimum absolute atomic E-state index is 0.284. The Bertz CT molecular complexity index is 248. The molecule has 0 saturated heterocycles. The zero-order valence-corrected chi connectivity index (χ0v) is 10.6. The smallest absolute Gasteiger partial charge is 0.341 e. The molecule has 0 spiro atoms. The van der Waals surface area contributed by atoms with Crippen molar-refractivity contribution in [2.75, 3.05) is 6.61 Å². The van der Waals surface area contributed by atoms with Crippen LogP contribution in [0.4, 0.5) is 0 Å². The normalized spacial score (nSPS) is 8.19. The average molecular weight is 246 g/mol. The van der Waals surface area contributed by atoms with Gasteiger partial charge in [0.1, 0.15) is 0 Å². The summed E-state index contributed by atoms with van der Waals surface area (Å²) in [6.07, 6.45) is 3.01. The number of hydrogen-bond donors (Lipinski definition) is 1. The van der Waals surface area contributed by atoms with Crippen LogP contribution in [0.2, 0.25) is 0 Å². The molecule has 0 heterocycles. The first-order valence-electron chi connectivity index (χ1n) is 4.80. The lowest BCUT2D eigenvalue weighted by molar-refractivity contribution is -0.139. The molecule has 0 fully saturated rings. The van der Waals surface area contributed by atoms with Crippen molar-refractivity contribution in [3.8, 4) is 0 Å². The molecule has 0 saturated carbocycles. The first-order chi connectivity index (χ1) is 7.49. The molecule has 0 aromatic heterocycles. The highest BCUT2D eigenvalue weighted by Gasteiger charge is 2.00. The van der Waals surface area contributed by atoms with E-state index in [2.05, 4.69) is 37.2 Å². The number of carbonyl (C=O) groups excluding carboxylic acids is 2. The molecule has 0 aliphatic heterocycles. The Hall–Kier alpha value is -1.23. The van der Waals surface area contributed by atoms with Crippen molar-refractivity contribution < 1.29 is 18.5 Å². The minimum atomic E-state index is -0.529. The van der Waals surface area contributed by atoms with Crippen molar-refractivity contribution in [1.82, 2.24) is 0 Å². The number of esters is 1. The largest absolute Gasteiger partial charge is 0.462 e. The van der Waals surface area contributed by atoms with Crippen molar-refractivity contribution in [3.05, 3.63) is 24.8 Å². The number of ether oxygens (including phenoxy) is 1. The molecule has 0 aromatic rings. The summed E-state index contributed by atoms with van der Waals surface area (Å²) in [4.78, 5) is 20.5. The van der Waals surface area contributed by atoms with Gasteiger partial charge in [-0.2, -0.15) is 0 Å². The molecule has 0 aromatic carbocycles. The standard InChI is InChI=1S/C8H14O2.C3H4O2S/c1-4-5-6-10-8(9)7(2)3;1-2-3(4)5-6/h2,4-6H2,1,3H3;2,6H,1H2. The Labute approximate surface area is 102 Å². The summed E-state index contributed by atoms with van der Waals surface area (Å²) >= 11 is 3.17. The van der Waals surface area contributed by atoms with Gasteiger partial charge in [0.15, 0.2) is 0 Å². The van der Waals surface area contributed by atoms with Crippen LogP contribution >= 0.6 is 12.9 Å². The molecular weight excluding hydrogens is 228 g/mol. The van der Waals surface area contributed by atoms with Crippen LogP contribution < -0.4 is 0 Å². The first kappa shape index (κ1) is 17.2. The Kier molecular flexibility index (Phi) is 12.7. The van der Waals surface area contributed by atoms with E-state index in [1.807, 2.05) is 0 Å². The summed E-state index contributed by atoms with van der Waals surface area (Å²) in [6.45, 7) is 10.8. The van der Waals surface area contributed by atoms with Crippen LogP contribution in [0, 0.1) is 0 Å². The lowest BCUT2D eigenvalue weighted by atomic mass is 10.3. The number of rotatable bonds is 5. The molecule has 0 bridgehead atoms. The molecule has 0 radical (unpaired) electrons. The summed E-state index contributed by atoms with van der Waals surface area (Å²) in [7, 11) is 0. The zero-order chi connectivity index (χ0) is 13.0. The molecule has 0 unspecified atom stereocenters. The van der Waals surface area contributed by atoms with Crippen molar-refractivity contribution in [3.63, 3.8) is 0 Å². The zero-order valence-electron chi connectivity index (χ0n) is 9.69. The van der Waals surface area contributed by atoms with Crippen molar-refractivity contribution in [1.29, 1.82) is 0 Å². The number of hydrogen-bond acceptors (Lipinski definition) is 5. The summed E-state index contributed by atoms with van der Waals surface area (Å²) in [5.41, 5.74) is 0.469. The lowest BCUT2D eigenvalue weighted by Crippen LogP contribution is -2.05. The van der Waals surface area contributed by atoms with E-state index in [4.69, 9.17) is 4.74 Å². The maximum Gasteiger partial charge on any atom is 0.341 e. The number of carbonyl (C=O) groups is 2. The molecule has 16 heavy (non-hydrogen) atoms. The third kappa shape index (κ3) is 12.8. The highest BCUT2D eigenvalue weighted by molar-refractivity contribution is 7.75. The van der Waals surface area contributed by atoms with Crippen LogP contribution in [0.3, 0.4) is 0 Å². The van der Waals surface area contributed by atoms with Crippen LogP contribution in [0.1, 0.15) is 26.7 Å². The minimum Gasteiger partial charge on any atom is -0.462 e. The molecule has 0 N–H and O–H groups in total. The topological polar surface area (TPSA) is 52.6 Å². The van der Waals surface area contributed by atoms with Crippen LogP contribution in [-0.4, -0.2) is 18.5 Å². The first-order valence-corrected chi connectivity index (χ1v) is 5.16. The van der Waals surface area contributed by atoms with E-state index < -0.39 is 5.97 Å². The van der Waals surface area contributed by atoms with Gasteiger partial charge in [0, 0.05) is 24.6 Å². The second-order valence-corrected chi connectivity index (χ2v) is 3.07. The number of thiol groups is 1. The van der Waals surface area contributed by atoms with E-state index >= 15 is 0 Å². The third-order valence-electron chi connectivity index (χ3n) is 1.34. The van der Waals surface area contributed by atoms with Gasteiger partial charge in [-0.25, -0.2) is 9.59 Å². The van der Waals surface area contributed by atoms with Gasteiger partial charge >= 0.3 is 11.9 Å². The Morgan fingerprint density at radius 1 is 1.44 bits per heavy atom. The molecule has 0 aliphatic carbocycles. The van der Waals surface area contributed by atoms with E-state index in [9.17, 15) is 9.59 Å². The van der Waals surface area contributed by atoms with Gasteiger partial charge in [-0.1, -0.05) is 26.5 Å². The molecule has 0 atom stereocenters. The second kappa shape index (κ2) is 11.8. The summed E-state index contributed by atoms with van der Waals surface area (Å²) in [6, 6.07) is 0. The molecule has 4 nitrogen and oxygen atoms in total. The van der Waals surface area contributed by atoms with Crippen LogP contribution in [0.5, 0.6) is 0 Å². The van der Waals surface area contributed by atoms with Crippen molar-refractivity contribution >= 4 is 24.8 Å². The van der Waals surface area contributed by atoms with Crippen LogP contribution in [-0.2, 0) is 18.5 Å². The SMILES string of the molecule is C=C(C)C(=O)OCCCC.C=CC(=O)OS. The highest BCUT2D eigenvalue weighted by atomic mass is 32.1. The Morgan fingerprint density at radius 2 is 2.00 bits per heavy atom. The molecular formula is C11H18O4S. The van der Waals surface area contributed by atoms with E-state index in [0.29, 0.717) is 12.2 Å². The predicted octanol–water partition coefficient (Wildman–Crippen LogP) is 2.47. The van der Waals surface area contributed by atoms with E-state index in [0.717, 1.165) is 18.9 Å². The second-order valence-electron chi connectivity index (χ2n) is 2.88. The van der Waals surface area contributed by atoms with Crippen molar-refractivity contribution in [2.45, 2.75) is 26.7 Å². The van der Waals surface area contributed by atoms with E-state index in [1.54, 1.807) is 6.92 Å². The quantitative estimate of drug-likeness (QED) is 0.266. The summed E-state index contributed by atoms with van der Waals surface area (Å²) in [5.74, 6) is -0.813. The van der Waals surface area contributed by atoms with Gasteiger partial charge in [0.25, 0.3) is 0 Å². The fourth-order valence-corrected chi connectivity index (χ4v) is 0.544. The van der Waals surface area contributed by atoms with Gasteiger partial charge in [-0.3, -0.25) is 0 Å². The lowest BCUT2D eigenvalue weighted by Gasteiger charge is -2.01. The molecule has 0 amide bonds. The maximum atomic E-state index is 10.7.